The van der Waals surface area contributed by atoms with Gasteiger partial charge in [-0.15, -0.1) is 0 Å². The number of carbonyl (C=O) groups excluding carboxylic acids is 3. The highest BCUT2D eigenvalue weighted by atomic mass is 16.2. The van der Waals surface area contributed by atoms with E-state index in [9.17, 15) is 14.4 Å². The molecule has 1 aliphatic carbocycles. The van der Waals surface area contributed by atoms with Crippen LogP contribution in [0.3, 0.4) is 0 Å². The van der Waals surface area contributed by atoms with Gasteiger partial charge in [-0.25, -0.2) is 0 Å². The molecule has 7 rings (SSSR count). The van der Waals surface area contributed by atoms with Crippen LogP contribution < -0.4 is 20.9 Å². The van der Waals surface area contributed by atoms with Crippen LogP contribution in [0.5, 0.6) is 0 Å². The monoisotopic (exact) mass is 556 g/mol. The molecule has 41 heavy (non-hydrogen) atoms. The first-order valence-electron chi connectivity index (χ1n) is 15.2. The Morgan fingerprint density at radius 1 is 0.805 bits per heavy atom. The number of nitrogen functional groups attached to an aromatic ring is 1. The van der Waals surface area contributed by atoms with Crippen molar-refractivity contribution in [3.05, 3.63) is 53.6 Å². The predicted molar refractivity (Wildman–Crippen MR) is 159 cm³/mol. The number of amides is 3. The highest BCUT2D eigenvalue weighted by Crippen LogP contribution is 2.46. The normalized spacial score (nSPS) is 28.9. The molecule has 1 atom stereocenters. The second-order valence-corrected chi connectivity index (χ2v) is 12.8. The Hall–Kier alpha value is -3.59. The summed E-state index contributed by atoms with van der Waals surface area (Å²) in [5, 5.41) is 2.39. The van der Waals surface area contributed by atoms with Crippen molar-refractivity contribution in [3.8, 4) is 0 Å². The molecule has 216 valence electrons. The van der Waals surface area contributed by atoms with E-state index < -0.39 is 6.04 Å². The summed E-state index contributed by atoms with van der Waals surface area (Å²) >= 11 is 0. The summed E-state index contributed by atoms with van der Waals surface area (Å²) in [4.78, 5) is 46.4. The maximum absolute atomic E-state index is 13.1. The number of nitrogens with zero attached hydrogens (tertiary/aromatic N) is 4. The van der Waals surface area contributed by atoms with Crippen molar-refractivity contribution in [1.82, 2.24) is 15.1 Å². The van der Waals surface area contributed by atoms with Gasteiger partial charge in [0.15, 0.2) is 0 Å². The minimum absolute atomic E-state index is 0.105. The van der Waals surface area contributed by atoms with E-state index in [-0.39, 0.29) is 24.1 Å². The molecule has 3 N–H and O–H groups in total. The molecule has 0 radical (unpaired) electrons. The quantitative estimate of drug-likeness (QED) is 0.441. The molecule has 1 unspecified atom stereocenters. The molecule has 3 amide bonds. The van der Waals surface area contributed by atoms with Crippen LogP contribution in [0.15, 0.2) is 42.5 Å². The number of nitrogens with one attached hydrogen (secondary N) is 1. The largest absolute Gasteiger partial charge is 0.399 e. The van der Waals surface area contributed by atoms with Gasteiger partial charge >= 0.3 is 0 Å². The van der Waals surface area contributed by atoms with Gasteiger partial charge < -0.3 is 20.4 Å². The smallest absolute Gasteiger partial charge is 0.255 e. The van der Waals surface area contributed by atoms with E-state index in [0.717, 1.165) is 50.5 Å². The van der Waals surface area contributed by atoms with Crippen LogP contribution in [0.4, 0.5) is 17.1 Å². The van der Waals surface area contributed by atoms with Gasteiger partial charge in [-0.05, 0) is 92.0 Å². The van der Waals surface area contributed by atoms with Gasteiger partial charge in [0.25, 0.3) is 5.91 Å². The average molecular weight is 557 g/mol. The number of carbonyl (C=O) groups is 3. The number of rotatable bonds is 4. The van der Waals surface area contributed by atoms with Crippen molar-refractivity contribution in [2.45, 2.75) is 63.6 Å². The SMILES string of the molecule is Nc1ccc(N2CCN(C3CCC4(CC3)CCN(c3ccc5c(c3)CN(C3CCC(=O)NC3=O)C5=O)C4)CC2)cc1. The van der Waals surface area contributed by atoms with Crippen molar-refractivity contribution >= 4 is 34.8 Å². The number of nitrogens with two attached hydrogens (primary N) is 1. The molecule has 0 aromatic heterocycles. The van der Waals surface area contributed by atoms with Gasteiger partial charge in [-0.3, -0.25) is 24.6 Å². The van der Waals surface area contributed by atoms with Crippen molar-refractivity contribution in [2.75, 3.05) is 54.8 Å². The lowest BCUT2D eigenvalue weighted by Gasteiger charge is -2.45. The Kier molecular flexibility index (Phi) is 6.64. The van der Waals surface area contributed by atoms with Gasteiger partial charge in [0.2, 0.25) is 11.8 Å². The molecule has 4 aliphatic heterocycles. The van der Waals surface area contributed by atoms with Crippen LogP contribution >= 0.6 is 0 Å². The van der Waals surface area contributed by atoms with E-state index >= 15 is 0 Å². The summed E-state index contributed by atoms with van der Waals surface area (Å²) in [5.74, 6) is -0.721. The van der Waals surface area contributed by atoms with Crippen LogP contribution in [0.2, 0.25) is 0 Å². The van der Waals surface area contributed by atoms with E-state index in [1.807, 2.05) is 18.2 Å². The Balaban J connectivity index is 0.936. The third kappa shape index (κ3) is 4.94. The fourth-order valence-electron chi connectivity index (χ4n) is 7.93. The summed E-state index contributed by atoms with van der Waals surface area (Å²) < 4.78 is 0. The van der Waals surface area contributed by atoms with Crippen molar-refractivity contribution in [3.63, 3.8) is 0 Å². The third-order valence-corrected chi connectivity index (χ3v) is 10.4. The topological polar surface area (TPSA) is 102 Å². The van der Waals surface area contributed by atoms with Crippen LogP contribution in [0, 0.1) is 5.41 Å². The lowest BCUT2D eigenvalue weighted by Crippen LogP contribution is -2.52. The number of fused-ring (bicyclic) bond motifs is 1. The summed E-state index contributed by atoms with van der Waals surface area (Å²) in [7, 11) is 0. The molecule has 9 heteroatoms. The zero-order chi connectivity index (χ0) is 28.1. The minimum atomic E-state index is -0.568. The van der Waals surface area contributed by atoms with Crippen LogP contribution in [-0.2, 0) is 16.1 Å². The molecule has 1 saturated carbocycles. The third-order valence-electron chi connectivity index (χ3n) is 10.4. The molecule has 5 aliphatic rings. The molecule has 9 nitrogen and oxygen atoms in total. The Morgan fingerprint density at radius 2 is 1.54 bits per heavy atom. The zero-order valence-corrected chi connectivity index (χ0v) is 23.7. The Bertz CT molecular complexity index is 1340. The lowest BCUT2D eigenvalue weighted by atomic mass is 9.71. The summed E-state index contributed by atoms with van der Waals surface area (Å²) in [5.41, 5.74) is 11.2. The standard InChI is InChI=1S/C32H40N6O3/c33-23-1-3-24(4-2-23)35-15-17-36(18-16-35)25-9-11-32(12-10-25)13-14-37(21-32)26-5-6-27-22(19-26)20-38(31(27)41)28-7-8-29(39)34-30(28)40/h1-6,19,25,28H,7-18,20-21,33H2,(H,34,39,40). The van der Waals surface area contributed by atoms with Gasteiger partial charge in [0.1, 0.15) is 6.04 Å². The molecular formula is C32H40N6O3. The summed E-state index contributed by atoms with van der Waals surface area (Å²) in [6, 6.07) is 14.5. The van der Waals surface area contributed by atoms with Crippen LogP contribution in [-0.4, -0.2) is 78.9 Å². The Morgan fingerprint density at radius 3 is 2.27 bits per heavy atom. The predicted octanol–water partition coefficient (Wildman–Crippen LogP) is 2.99. The Labute approximate surface area is 241 Å². The molecule has 1 spiro atoms. The van der Waals surface area contributed by atoms with Gasteiger partial charge in [0, 0.05) is 80.9 Å². The van der Waals surface area contributed by atoms with E-state index in [0.29, 0.717) is 30.0 Å². The fraction of sp³-hybridized carbons (Fsp3) is 0.531. The van der Waals surface area contributed by atoms with Crippen LogP contribution in [0.1, 0.15) is 60.9 Å². The van der Waals surface area contributed by atoms with Crippen molar-refractivity contribution in [1.29, 1.82) is 0 Å². The molecule has 4 heterocycles. The first-order chi connectivity index (χ1) is 19.9. The molecule has 0 bridgehead atoms. The minimum Gasteiger partial charge on any atom is -0.399 e. The van der Waals surface area contributed by atoms with Gasteiger partial charge in [-0.1, -0.05) is 0 Å². The van der Waals surface area contributed by atoms with Crippen molar-refractivity contribution < 1.29 is 14.4 Å². The number of anilines is 3. The van der Waals surface area contributed by atoms with Gasteiger partial charge in [0.05, 0.1) is 0 Å². The number of piperidine rings is 1. The highest BCUT2D eigenvalue weighted by molar-refractivity contribution is 6.05. The fourth-order valence-corrected chi connectivity index (χ4v) is 7.93. The molecule has 4 fully saturated rings. The maximum Gasteiger partial charge on any atom is 0.255 e. The number of hydrogen-bond donors (Lipinski definition) is 2. The van der Waals surface area contributed by atoms with E-state index in [1.165, 1.54) is 43.5 Å². The van der Waals surface area contributed by atoms with Crippen molar-refractivity contribution in [2.24, 2.45) is 5.41 Å². The van der Waals surface area contributed by atoms with E-state index in [2.05, 4.69) is 44.3 Å². The molecule has 3 saturated heterocycles. The molecule has 2 aromatic rings. The lowest BCUT2D eigenvalue weighted by molar-refractivity contribution is -0.136. The number of hydrogen-bond acceptors (Lipinski definition) is 7. The average Bonchev–Trinajstić information content (AvgIpc) is 3.54. The van der Waals surface area contributed by atoms with E-state index in [1.54, 1.807) is 4.90 Å². The molecular weight excluding hydrogens is 516 g/mol. The second kappa shape index (κ2) is 10.4. The zero-order valence-electron chi connectivity index (χ0n) is 23.7. The molecule has 2 aromatic carbocycles. The first kappa shape index (κ1) is 26.3. The number of benzene rings is 2. The maximum atomic E-state index is 13.1. The summed E-state index contributed by atoms with van der Waals surface area (Å²) in [6.45, 7) is 6.95. The number of piperazine rings is 1. The van der Waals surface area contributed by atoms with Gasteiger partial charge in [-0.2, -0.15) is 0 Å². The van der Waals surface area contributed by atoms with Crippen LogP contribution in [0.25, 0.3) is 0 Å². The number of imide groups is 1. The van der Waals surface area contributed by atoms with E-state index in [4.69, 9.17) is 5.73 Å². The second-order valence-electron chi connectivity index (χ2n) is 12.8. The first-order valence-corrected chi connectivity index (χ1v) is 15.2. The highest BCUT2D eigenvalue weighted by Gasteiger charge is 2.43. The summed E-state index contributed by atoms with van der Waals surface area (Å²) in [6.07, 6.45) is 7.00.